The lowest BCUT2D eigenvalue weighted by Crippen LogP contribution is -2.41. The smallest absolute Gasteiger partial charge is 0.0769 e. The lowest BCUT2D eigenvalue weighted by atomic mass is 9.71. The second kappa shape index (κ2) is 3.90. The van der Waals surface area contributed by atoms with Gasteiger partial charge in [-0.15, -0.1) is 0 Å². The Morgan fingerprint density at radius 2 is 1.83 bits per heavy atom. The molecule has 6 unspecified atom stereocenters. The summed E-state index contributed by atoms with van der Waals surface area (Å²) in [4.78, 5) is 4.78. The van der Waals surface area contributed by atoms with E-state index in [1.807, 2.05) is 0 Å². The SMILES string of the molecule is CC1CCC2(N=C=S)C(C)CCC3C(C12)C3(C)C. The van der Waals surface area contributed by atoms with E-state index >= 15 is 0 Å². The zero-order valence-electron chi connectivity index (χ0n) is 12.1. The Hall–Kier alpha value is -0.200. The summed E-state index contributed by atoms with van der Waals surface area (Å²) >= 11 is 4.98. The molecule has 0 bridgehead atoms. The van der Waals surface area contributed by atoms with Crippen LogP contribution in [0.4, 0.5) is 0 Å². The molecule has 0 heterocycles. The van der Waals surface area contributed by atoms with Crippen molar-refractivity contribution in [3.8, 4) is 0 Å². The number of hydrogen-bond acceptors (Lipinski definition) is 2. The quantitative estimate of drug-likeness (QED) is 0.498. The van der Waals surface area contributed by atoms with Crippen LogP contribution in [-0.4, -0.2) is 10.7 Å². The van der Waals surface area contributed by atoms with Crippen molar-refractivity contribution in [2.45, 2.75) is 58.9 Å². The van der Waals surface area contributed by atoms with Crippen LogP contribution < -0.4 is 0 Å². The summed E-state index contributed by atoms with van der Waals surface area (Å²) in [5, 5.41) is 2.75. The van der Waals surface area contributed by atoms with Crippen molar-refractivity contribution in [1.29, 1.82) is 0 Å². The van der Waals surface area contributed by atoms with E-state index in [0.717, 1.165) is 23.7 Å². The maximum Gasteiger partial charge on any atom is 0.0769 e. The Balaban J connectivity index is 2.06. The summed E-state index contributed by atoms with van der Waals surface area (Å²) in [6.45, 7) is 9.78. The third-order valence-electron chi connectivity index (χ3n) is 6.73. The molecular formula is C16H25NS. The number of fused-ring (bicyclic) bond motifs is 3. The van der Waals surface area contributed by atoms with Gasteiger partial charge >= 0.3 is 0 Å². The summed E-state index contributed by atoms with van der Waals surface area (Å²) in [6.07, 6.45) is 5.29. The Bertz CT molecular complexity index is 409. The van der Waals surface area contributed by atoms with Crippen molar-refractivity contribution in [3.05, 3.63) is 0 Å². The number of hydrogen-bond donors (Lipinski definition) is 0. The second-order valence-corrected chi connectivity index (χ2v) is 7.85. The van der Waals surface area contributed by atoms with E-state index in [4.69, 9.17) is 17.2 Å². The molecule has 0 amide bonds. The number of thiocarbonyl (C=S) groups is 1. The minimum Gasteiger partial charge on any atom is -0.225 e. The first-order valence-electron chi connectivity index (χ1n) is 7.54. The fraction of sp³-hybridized carbons (Fsp3) is 0.938. The van der Waals surface area contributed by atoms with Crippen LogP contribution in [0.5, 0.6) is 0 Å². The van der Waals surface area contributed by atoms with Crippen LogP contribution in [0.15, 0.2) is 4.99 Å². The Morgan fingerprint density at radius 3 is 2.50 bits per heavy atom. The molecule has 1 nitrogen and oxygen atoms in total. The van der Waals surface area contributed by atoms with Crippen molar-refractivity contribution in [2.24, 2.45) is 40.0 Å². The lowest BCUT2D eigenvalue weighted by molar-refractivity contribution is 0.163. The lowest BCUT2D eigenvalue weighted by Gasteiger charge is -2.38. The molecule has 0 aliphatic heterocycles. The van der Waals surface area contributed by atoms with Crippen molar-refractivity contribution >= 4 is 17.4 Å². The Kier molecular flexibility index (Phi) is 2.78. The van der Waals surface area contributed by atoms with Crippen LogP contribution in [0.3, 0.4) is 0 Å². The zero-order valence-corrected chi connectivity index (χ0v) is 12.9. The van der Waals surface area contributed by atoms with Gasteiger partial charge < -0.3 is 0 Å². The third kappa shape index (κ3) is 1.45. The van der Waals surface area contributed by atoms with Gasteiger partial charge in [0, 0.05) is 0 Å². The molecule has 3 aliphatic carbocycles. The molecule has 0 spiro atoms. The van der Waals surface area contributed by atoms with E-state index in [9.17, 15) is 0 Å². The second-order valence-electron chi connectivity index (χ2n) is 7.67. The maximum absolute atomic E-state index is 4.98. The Morgan fingerprint density at radius 1 is 1.11 bits per heavy atom. The van der Waals surface area contributed by atoms with E-state index in [-0.39, 0.29) is 5.54 Å². The number of aliphatic imine (C=N–C) groups is 1. The van der Waals surface area contributed by atoms with Gasteiger partial charge in [0.15, 0.2) is 0 Å². The van der Waals surface area contributed by atoms with Gasteiger partial charge in [0.05, 0.1) is 10.7 Å². The zero-order chi connectivity index (χ0) is 13.1. The van der Waals surface area contributed by atoms with Crippen LogP contribution in [0.2, 0.25) is 0 Å². The van der Waals surface area contributed by atoms with Gasteiger partial charge in [-0.05, 0) is 72.9 Å². The van der Waals surface area contributed by atoms with Gasteiger partial charge in [0.25, 0.3) is 0 Å². The monoisotopic (exact) mass is 263 g/mol. The fourth-order valence-corrected chi connectivity index (χ4v) is 5.76. The van der Waals surface area contributed by atoms with Crippen molar-refractivity contribution in [2.75, 3.05) is 0 Å². The highest BCUT2D eigenvalue weighted by atomic mass is 32.1. The topological polar surface area (TPSA) is 12.4 Å². The van der Waals surface area contributed by atoms with Crippen molar-refractivity contribution < 1.29 is 0 Å². The molecule has 2 heteroatoms. The van der Waals surface area contributed by atoms with E-state index in [1.54, 1.807) is 0 Å². The van der Waals surface area contributed by atoms with Gasteiger partial charge in [-0.1, -0.05) is 27.7 Å². The minimum absolute atomic E-state index is 0.133. The fourth-order valence-electron chi connectivity index (χ4n) is 5.59. The number of isothiocyanates is 1. The van der Waals surface area contributed by atoms with Gasteiger partial charge in [-0.2, -0.15) is 0 Å². The first-order valence-corrected chi connectivity index (χ1v) is 7.95. The van der Waals surface area contributed by atoms with Gasteiger partial charge in [0.1, 0.15) is 0 Å². The summed E-state index contributed by atoms with van der Waals surface area (Å²) in [7, 11) is 0. The standard InChI is InChI=1S/C16H25NS/c1-10-7-8-16(17-9-18)11(2)5-6-12-14(13(10)16)15(12,3)4/h10-14H,5-8H2,1-4H3. The highest BCUT2D eigenvalue weighted by molar-refractivity contribution is 7.78. The number of rotatable bonds is 1. The molecule has 0 saturated heterocycles. The van der Waals surface area contributed by atoms with E-state index in [2.05, 4.69) is 32.9 Å². The third-order valence-corrected chi connectivity index (χ3v) is 6.83. The van der Waals surface area contributed by atoms with E-state index in [0.29, 0.717) is 11.3 Å². The summed E-state index contributed by atoms with van der Waals surface area (Å²) in [5.41, 5.74) is 0.681. The molecule has 3 aliphatic rings. The molecule has 3 rings (SSSR count). The molecule has 100 valence electrons. The van der Waals surface area contributed by atoms with Gasteiger partial charge in [0.2, 0.25) is 0 Å². The first kappa shape index (κ1) is 12.8. The molecular weight excluding hydrogens is 238 g/mol. The van der Waals surface area contributed by atoms with Crippen molar-refractivity contribution in [1.82, 2.24) is 0 Å². The molecule has 18 heavy (non-hydrogen) atoms. The first-order chi connectivity index (χ1) is 8.45. The summed E-state index contributed by atoms with van der Waals surface area (Å²) in [6, 6.07) is 0. The minimum atomic E-state index is 0.133. The normalized spacial score (nSPS) is 52.8. The molecule has 3 fully saturated rings. The number of nitrogens with zero attached hydrogens (tertiary/aromatic N) is 1. The Labute approximate surface area is 116 Å². The van der Waals surface area contributed by atoms with Crippen molar-refractivity contribution in [3.63, 3.8) is 0 Å². The molecule has 3 saturated carbocycles. The molecule has 0 N–H and O–H groups in total. The highest BCUT2D eigenvalue weighted by Gasteiger charge is 2.69. The van der Waals surface area contributed by atoms with Gasteiger partial charge in [-0.3, -0.25) is 0 Å². The molecule has 0 aromatic heterocycles. The van der Waals surface area contributed by atoms with Crippen LogP contribution in [0.1, 0.15) is 53.4 Å². The predicted molar refractivity (Wildman–Crippen MR) is 78.8 cm³/mol. The van der Waals surface area contributed by atoms with Crippen LogP contribution in [0.25, 0.3) is 0 Å². The molecule has 0 aromatic carbocycles. The van der Waals surface area contributed by atoms with Crippen LogP contribution in [0, 0.1) is 35.0 Å². The summed E-state index contributed by atoms with van der Waals surface area (Å²) < 4.78 is 0. The highest BCUT2D eigenvalue weighted by Crippen LogP contribution is 2.72. The molecule has 0 radical (unpaired) electrons. The molecule has 0 aromatic rings. The molecule has 6 atom stereocenters. The van der Waals surface area contributed by atoms with Gasteiger partial charge in [-0.25, -0.2) is 4.99 Å². The summed E-state index contributed by atoms with van der Waals surface area (Å²) in [5.74, 6) is 4.07. The average Bonchev–Trinajstić information content (AvgIpc) is 2.73. The predicted octanol–water partition coefficient (Wildman–Crippen LogP) is 4.58. The van der Waals surface area contributed by atoms with Crippen LogP contribution >= 0.6 is 12.2 Å². The van der Waals surface area contributed by atoms with E-state index in [1.165, 1.54) is 25.7 Å². The average molecular weight is 263 g/mol. The van der Waals surface area contributed by atoms with E-state index < -0.39 is 0 Å². The van der Waals surface area contributed by atoms with Crippen LogP contribution in [-0.2, 0) is 0 Å². The largest absolute Gasteiger partial charge is 0.225 e. The maximum atomic E-state index is 4.98.